The highest BCUT2D eigenvalue weighted by Crippen LogP contribution is 2.17. The minimum atomic E-state index is 0.640. The topological polar surface area (TPSA) is 21.3 Å². The Hall–Kier alpha value is -1.28. The maximum Gasteiger partial charge on any atom is 0.124 e. The van der Waals surface area contributed by atoms with Gasteiger partial charge < -0.3 is 10.1 Å². The molecule has 88 valence electrons. The van der Waals surface area contributed by atoms with Crippen molar-refractivity contribution in [2.45, 2.75) is 26.8 Å². The molecule has 0 aromatic heterocycles. The number of benzene rings is 1. The Morgan fingerprint density at radius 2 is 2.12 bits per heavy atom. The van der Waals surface area contributed by atoms with Gasteiger partial charge in [-0.3, -0.25) is 0 Å². The van der Waals surface area contributed by atoms with Gasteiger partial charge in [0.15, 0.2) is 0 Å². The molecule has 0 saturated heterocycles. The third kappa shape index (κ3) is 4.49. The Labute approximate surface area is 98.3 Å². The minimum absolute atomic E-state index is 0.640. The van der Waals surface area contributed by atoms with Gasteiger partial charge >= 0.3 is 0 Å². The van der Waals surface area contributed by atoms with Crippen LogP contribution < -0.4 is 10.1 Å². The zero-order valence-electron chi connectivity index (χ0n) is 10.2. The second-order valence-corrected chi connectivity index (χ2v) is 3.66. The molecule has 2 heteroatoms. The molecule has 0 spiro atoms. The van der Waals surface area contributed by atoms with E-state index in [1.165, 1.54) is 5.56 Å². The molecule has 0 aliphatic carbocycles. The molecule has 0 amide bonds. The number of nitrogens with one attached hydrogen (secondary N) is 1. The molecule has 1 rings (SSSR count). The van der Waals surface area contributed by atoms with Crippen LogP contribution in [0.5, 0.6) is 5.75 Å². The molecule has 0 aliphatic rings. The maximum absolute atomic E-state index is 5.68. The summed E-state index contributed by atoms with van der Waals surface area (Å²) < 4.78 is 5.68. The predicted octanol–water partition coefficient (Wildman–Crippen LogP) is 3.14. The lowest BCUT2D eigenvalue weighted by molar-refractivity contribution is 0.357. The van der Waals surface area contributed by atoms with Crippen LogP contribution in [0.15, 0.2) is 36.4 Å². The van der Waals surface area contributed by atoms with E-state index in [9.17, 15) is 0 Å². The van der Waals surface area contributed by atoms with Crippen LogP contribution in [0, 0.1) is 0 Å². The third-order valence-corrected chi connectivity index (χ3v) is 2.29. The Balaban J connectivity index is 2.53. The van der Waals surface area contributed by atoms with Crippen LogP contribution in [0.3, 0.4) is 0 Å². The number of hydrogen-bond acceptors (Lipinski definition) is 2. The highest BCUT2D eigenvalue weighted by molar-refractivity contribution is 5.33. The monoisotopic (exact) mass is 219 g/mol. The Morgan fingerprint density at radius 1 is 1.31 bits per heavy atom. The number of allylic oxidation sites excluding steroid dienone is 1. The lowest BCUT2D eigenvalue weighted by Crippen LogP contribution is -2.14. The summed E-state index contributed by atoms with van der Waals surface area (Å²) in [4.78, 5) is 0. The first-order valence-electron chi connectivity index (χ1n) is 5.91. The first kappa shape index (κ1) is 12.8. The van der Waals surface area contributed by atoms with E-state index in [1.54, 1.807) is 0 Å². The first-order valence-corrected chi connectivity index (χ1v) is 5.91. The Kier molecular flexibility index (Phi) is 6.35. The SMILES string of the molecule is C/C=C/COc1ccccc1CNCCC. The van der Waals surface area contributed by atoms with Gasteiger partial charge in [-0.25, -0.2) is 0 Å². The van der Waals surface area contributed by atoms with Crippen LogP contribution in [0.4, 0.5) is 0 Å². The molecule has 1 aromatic carbocycles. The molecule has 16 heavy (non-hydrogen) atoms. The molecule has 0 aliphatic heterocycles. The van der Waals surface area contributed by atoms with Crippen molar-refractivity contribution in [2.75, 3.05) is 13.2 Å². The van der Waals surface area contributed by atoms with Crippen molar-refractivity contribution >= 4 is 0 Å². The van der Waals surface area contributed by atoms with E-state index in [-0.39, 0.29) is 0 Å². The Bertz CT molecular complexity index is 320. The van der Waals surface area contributed by atoms with Gasteiger partial charge in [0, 0.05) is 12.1 Å². The molecule has 2 nitrogen and oxygen atoms in total. The lowest BCUT2D eigenvalue weighted by Gasteiger charge is -2.10. The lowest BCUT2D eigenvalue weighted by atomic mass is 10.2. The van der Waals surface area contributed by atoms with Gasteiger partial charge in [-0.2, -0.15) is 0 Å². The van der Waals surface area contributed by atoms with Crippen LogP contribution in [0.2, 0.25) is 0 Å². The van der Waals surface area contributed by atoms with Gasteiger partial charge in [0.25, 0.3) is 0 Å². The molecule has 0 fully saturated rings. The first-order chi connectivity index (χ1) is 7.88. The average Bonchev–Trinajstić information content (AvgIpc) is 2.32. The van der Waals surface area contributed by atoms with Crippen LogP contribution in [0.25, 0.3) is 0 Å². The summed E-state index contributed by atoms with van der Waals surface area (Å²) in [5.74, 6) is 0.976. The zero-order chi connectivity index (χ0) is 11.6. The molecule has 0 bridgehead atoms. The second kappa shape index (κ2) is 7.94. The average molecular weight is 219 g/mol. The fourth-order valence-electron chi connectivity index (χ4n) is 1.42. The van der Waals surface area contributed by atoms with Gasteiger partial charge in [0.2, 0.25) is 0 Å². The molecule has 1 aromatic rings. The molecule has 0 radical (unpaired) electrons. The van der Waals surface area contributed by atoms with E-state index in [4.69, 9.17) is 4.74 Å². The largest absolute Gasteiger partial charge is 0.489 e. The van der Waals surface area contributed by atoms with Crippen molar-refractivity contribution in [1.29, 1.82) is 0 Å². The van der Waals surface area contributed by atoms with E-state index in [0.29, 0.717) is 6.61 Å². The van der Waals surface area contributed by atoms with E-state index in [1.807, 2.05) is 37.3 Å². The fourth-order valence-corrected chi connectivity index (χ4v) is 1.42. The van der Waals surface area contributed by atoms with Gasteiger partial charge in [-0.15, -0.1) is 0 Å². The highest BCUT2D eigenvalue weighted by Gasteiger charge is 2.00. The normalized spacial score (nSPS) is 10.9. The summed E-state index contributed by atoms with van der Waals surface area (Å²) in [6, 6.07) is 8.18. The van der Waals surface area contributed by atoms with Crippen molar-refractivity contribution in [3.05, 3.63) is 42.0 Å². The summed E-state index contributed by atoms with van der Waals surface area (Å²) in [7, 11) is 0. The molecular formula is C14H21NO. The van der Waals surface area contributed by atoms with Crippen LogP contribution >= 0.6 is 0 Å². The summed E-state index contributed by atoms with van der Waals surface area (Å²) in [5, 5.41) is 3.38. The molecular weight excluding hydrogens is 198 g/mol. The molecule has 0 heterocycles. The third-order valence-electron chi connectivity index (χ3n) is 2.29. The van der Waals surface area contributed by atoms with Crippen molar-refractivity contribution in [3.63, 3.8) is 0 Å². The number of hydrogen-bond donors (Lipinski definition) is 1. The predicted molar refractivity (Wildman–Crippen MR) is 68.7 cm³/mol. The Morgan fingerprint density at radius 3 is 2.88 bits per heavy atom. The van der Waals surface area contributed by atoms with E-state index in [2.05, 4.69) is 18.3 Å². The zero-order valence-corrected chi connectivity index (χ0v) is 10.2. The molecule has 0 atom stereocenters. The van der Waals surface area contributed by atoms with E-state index in [0.717, 1.165) is 25.3 Å². The van der Waals surface area contributed by atoms with Gasteiger partial charge in [-0.1, -0.05) is 37.3 Å². The smallest absolute Gasteiger partial charge is 0.124 e. The summed E-state index contributed by atoms with van der Waals surface area (Å²) in [6.45, 7) is 6.73. The summed E-state index contributed by atoms with van der Waals surface area (Å²) in [5.41, 5.74) is 1.22. The van der Waals surface area contributed by atoms with Gasteiger partial charge in [0.1, 0.15) is 12.4 Å². The van der Waals surface area contributed by atoms with E-state index >= 15 is 0 Å². The van der Waals surface area contributed by atoms with Crippen LogP contribution in [-0.2, 0) is 6.54 Å². The van der Waals surface area contributed by atoms with Crippen molar-refractivity contribution in [2.24, 2.45) is 0 Å². The van der Waals surface area contributed by atoms with Gasteiger partial charge in [-0.05, 0) is 26.0 Å². The minimum Gasteiger partial charge on any atom is -0.489 e. The second-order valence-electron chi connectivity index (χ2n) is 3.66. The van der Waals surface area contributed by atoms with Crippen molar-refractivity contribution in [3.8, 4) is 5.75 Å². The van der Waals surface area contributed by atoms with E-state index < -0.39 is 0 Å². The van der Waals surface area contributed by atoms with Gasteiger partial charge in [0.05, 0.1) is 0 Å². The maximum atomic E-state index is 5.68. The highest BCUT2D eigenvalue weighted by atomic mass is 16.5. The van der Waals surface area contributed by atoms with Crippen LogP contribution in [-0.4, -0.2) is 13.2 Å². The van der Waals surface area contributed by atoms with Crippen LogP contribution in [0.1, 0.15) is 25.8 Å². The molecule has 0 saturated carbocycles. The number of ether oxygens (including phenoxy) is 1. The number of rotatable bonds is 7. The summed E-state index contributed by atoms with van der Waals surface area (Å²) >= 11 is 0. The molecule has 0 unspecified atom stereocenters. The molecule has 1 N–H and O–H groups in total. The standard InChI is InChI=1S/C14H21NO/c1-3-5-11-16-14-9-7-6-8-13(14)12-15-10-4-2/h3,5-9,15H,4,10-12H2,1-2H3/b5-3+. The number of para-hydroxylation sites is 1. The van der Waals surface area contributed by atoms with Crippen molar-refractivity contribution in [1.82, 2.24) is 5.32 Å². The van der Waals surface area contributed by atoms with Crippen molar-refractivity contribution < 1.29 is 4.74 Å². The quantitative estimate of drug-likeness (QED) is 0.562. The fraction of sp³-hybridized carbons (Fsp3) is 0.429. The summed E-state index contributed by atoms with van der Waals surface area (Å²) in [6.07, 6.45) is 5.16.